The number of carbonyl (C=O) groups excluding carboxylic acids is 2. The molecule has 1 aliphatic rings. The van der Waals surface area contributed by atoms with Gasteiger partial charge in [-0.1, -0.05) is 12.8 Å². The number of ether oxygens (including phenoxy) is 1. The fourth-order valence-corrected chi connectivity index (χ4v) is 2.40. The number of aromatic nitrogens is 2. The Balaban J connectivity index is 1.85. The molecule has 0 unspecified atom stereocenters. The van der Waals surface area contributed by atoms with Gasteiger partial charge in [0, 0.05) is 12.1 Å². The molecule has 1 fully saturated rings. The quantitative estimate of drug-likeness (QED) is 0.610. The topological polar surface area (TPSA) is 93.2 Å². The number of carbonyl (C=O) groups is 2. The molecule has 7 nitrogen and oxygen atoms in total. The summed E-state index contributed by atoms with van der Waals surface area (Å²) in [5, 5.41) is 6.05. The number of anilines is 1. The number of rotatable bonds is 6. The fraction of sp³-hybridized carbons (Fsp3) is 0.500. The molecular weight excluding hydrogens is 296 g/mol. The van der Waals surface area contributed by atoms with Crippen LogP contribution in [0.2, 0.25) is 0 Å². The van der Waals surface area contributed by atoms with Crippen molar-refractivity contribution in [3.8, 4) is 0 Å². The maximum absolute atomic E-state index is 12.1. The first kappa shape index (κ1) is 16.9. The van der Waals surface area contributed by atoms with E-state index >= 15 is 0 Å². The largest absolute Gasteiger partial charge is 0.466 e. The molecule has 2 N–H and O–H groups in total. The number of amides is 1. The van der Waals surface area contributed by atoms with E-state index in [0.29, 0.717) is 17.6 Å². The summed E-state index contributed by atoms with van der Waals surface area (Å²) in [5.74, 6) is 0.0221. The van der Waals surface area contributed by atoms with Crippen LogP contribution in [0.1, 0.15) is 38.3 Å². The Morgan fingerprint density at radius 2 is 2.04 bits per heavy atom. The predicted molar refractivity (Wildman–Crippen MR) is 86.6 cm³/mol. The Morgan fingerprint density at radius 1 is 1.30 bits per heavy atom. The van der Waals surface area contributed by atoms with Gasteiger partial charge in [-0.05, 0) is 25.8 Å². The van der Waals surface area contributed by atoms with Crippen LogP contribution in [-0.4, -0.2) is 41.0 Å². The van der Waals surface area contributed by atoms with E-state index in [2.05, 4.69) is 25.3 Å². The molecule has 0 aliphatic heterocycles. The van der Waals surface area contributed by atoms with E-state index in [0.717, 1.165) is 12.8 Å². The van der Waals surface area contributed by atoms with Gasteiger partial charge in [0.15, 0.2) is 0 Å². The van der Waals surface area contributed by atoms with Crippen molar-refractivity contribution in [1.29, 1.82) is 0 Å². The predicted octanol–water partition coefficient (Wildman–Crippen LogP) is 1.52. The van der Waals surface area contributed by atoms with Crippen LogP contribution in [0.25, 0.3) is 6.08 Å². The standard InChI is InChI=1S/C16H22N4O3/c1-11(16(22)20-12-5-3-4-6-12)19-14-10-17-13(9-18-14)7-8-15(21)23-2/h7-12H,3-6H2,1-2H3,(H,18,19)(H,20,22)/t11-/m1/s1. The summed E-state index contributed by atoms with van der Waals surface area (Å²) in [4.78, 5) is 31.4. The van der Waals surface area contributed by atoms with Crippen LogP contribution < -0.4 is 10.6 Å². The van der Waals surface area contributed by atoms with Crippen molar-refractivity contribution in [2.45, 2.75) is 44.7 Å². The highest BCUT2D eigenvalue weighted by molar-refractivity contribution is 5.86. The number of hydrogen-bond donors (Lipinski definition) is 2. The van der Waals surface area contributed by atoms with Crippen molar-refractivity contribution in [1.82, 2.24) is 15.3 Å². The monoisotopic (exact) mass is 318 g/mol. The number of nitrogens with zero attached hydrogens (tertiary/aromatic N) is 2. The van der Waals surface area contributed by atoms with Gasteiger partial charge in [0.2, 0.25) is 5.91 Å². The Labute approximate surface area is 135 Å². The minimum atomic E-state index is -0.453. The number of esters is 1. The Morgan fingerprint density at radius 3 is 2.65 bits per heavy atom. The number of methoxy groups -OCH3 is 1. The van der Waals surface area contributed by atoms with Gasteiger partial charge in [-0.2, -0.15) is 0 Å². The lowest BCUT2D eigenvalue weighted by atomic mass is 10.2. The van der Waals surface area contributed by atoms with E-state index in [4.69, 9.17) is 0 Å². The third-order valence-corrected chi connectivity index (χ3v) is 3.72. The summed E-state index contributed by atoms with van der Waals surface area (Å²) in [6, 6.07) is -0.0926. The number of hydrogen-bond acceptors (Lipinski definition) is 6. The highest BCUT2D eigenvalue weighted by atomic mass is 16.5. The van der Waals surface area contributed by atoms with Crippen LogP contribution in [0.15, 0.2) is 18.5 Å². The molecule has 1 aromatic rings. The van der Waals surface area contributed by atoms with Crippen LogP contribution in [0, 0.1) is 0 Å². The molecular formula is C16H22N4O3. The van der Waals surface area contributed by atoms with Crippen LogP contribution >= 0.6 is 0 Å². The average molecular weight is 318 g/mol. The normalized spacial score (nSPS) is 16.3. The third kappa shape index (κ3) is 5.36. The SMILES string of the molecule is COC(=O)C=Cc1cnc(N[C@H](C)C(=O)NC2CCCC2)cn1. The van der Waals surface area contributed by atoms with Crippen LogP contribution in [0.3, 0.4) is 0 Å². The lowest BCUT2D eigenvalue weighted by molar-refractivity contribution is -0.134. The van der Waals surface area contributed by atoms with Crippen LogP contribution in [0.4, 0.5) is 5.82 Å². The fourth-order valence-electron chi connectivity index (χ4n) is 2.40. The van der Waals surface area contributed by atoms with Gasteiger partial charge in [-0.3, -0.25) is 9.78 Å². The van der Waals surface area contributed by atoms with Crippen molar-refractivity contribution >= 4 is 23.8 Å². The van der Waals surface area contributed by atoms with Gasteiger partial charge in [0.05, 0.1) is 25.2 Å². The van der Waals surface area contributed by atoms with Gasteiger partial charge >= 0.3 is 5.97 Å². The van der Waals surface area contributed by atoms with Gasteiger partial charge < -0.3 is 15.4 Å². The van der Waals surface area contributed by atoms with Crippen molar-refractivity contribution in [3.05, 3.63) is 24.2 Å². The summed E-state index contributed by atoms with van der Waals surface area (Å²) in [5.41, 5.74) is 0.531. The molecule has 0 aromatic carbocycles. The highest BCUT2D eigenvalue weighted by Crippen LogP contribution is 2.17. The van der Waals surface area contributed by atoms with Gasteiger partial charge in [0.1, 0.15) is 11.9 Å². The van der Waals surface area contributed by atoms with E-state index in [1.807, 2.05) is 0 Å². The minimum absolute atomic E-state index is 0.0339. The summed E-state index contributed by atoms with van der Waals surface area (Å²) in [6.45, 7) is 1.79. The van der Waals surface area contributed by atoms with E-state index in [-0.39, 0.29) is 11.9 Å². The molecule has 1 aromatic heterocycles. The van der Waals surface area contributed by atoms with Crippen molar-refractivity contribution in [2.75, 3.05) is 12.4 Å². The highest BCUT2D eigenvalue weighted by Gasteiger charge is 2.20. The van der Waals surface area contributed by atoms with Crippen molar-refractivity contribution in [3.63, 3.8) is 0 Å². The first-order valence-electron chi connectivity index (χ1n) is 7.73. The lowest BCUT2D eigenvalue weighted by Gasteiger charge is -2.17. The van der Waals surface area contributed by atoms with E-state index in [9.17, 15) is 9.59 Å². The lowest BCUT2D eigenvalue weighted by Crippen LogP contribution is -2.42. The van der Waals surface area contributed by atoms with E-state index < -0.39 is 5.97 Å². The third-order valence-electron chi connectivity index (χ3n) is 3.72. The average Bonchev–Trinajstić information content (AvgIpc) is 3.06. The first-order chi connectivity index (χ1) is 11.1. The number of nitrogens with one attached hydrogen (secondary N) is 2. The molecule has 23 heavy (non-hydrogen) atoms. The minimum Gasteiger partial charge on any atom is -0.466 e. The molecule has 1 saturated carbocycles. The second-order valence-electron chi connectivity index (χ2n) is 5.54. The molecule has 2 rings (SSSR count). The second-order valence-corrected chi connectivity index (χ2v) is 5.54. The zero-order valence-corrected chi connectivity index (χ0v) is 13.4. The smallest absolute Gasteiger partial charge is 0.330 e. The molecule has 124 valence electrons. The summed E-state index contributed by atoms with van der Waals surface area (Å²) < 4.78 is 4.50. The Bertz CT molecular complexity index is 565. The molecule has 0 spiro atoms. The first-order valence-corrected chi connectivity index (χ1v) is 7.73. The Kier molecular flexibility index (Phi) is 6.08. The van der Waals surface area contributed by atoms with Gasteiger partial charge in [-0.15, -0.1) is 0 Å². The van der Waals surface area contributed by atoms with E-state index in [1.54, 1.807) is 6.92 Å². The van der Waals surface area contributed by atoms with Crippen molar-refractivity contribution < 1.29 is 14.3 Å². The molecule has 1 aliphatic carbocycles. The van der Waals surface area contributed by atoms with Crippen LogP contribution in [-0.2, 0) is 14.3 Å². The summed E-state index contributed by atoms with van der Waals surface area (Å²) in [7, 11) is 1.31. The maximum atomic E-state index is 12.1. The molecule has 1 atom stereocenters. The second kappa shape index (κ2) is 8.26. The Hall–Kier alpha value is -2.44. The zero-order chi connectivity index (χ0) is 16.7. The molecule has 0 radical (unpaired) electrons. The molecule has 7 heteroatoms. The summed E-state index contributed by atoms with van der Waals surface area (Å²) >= 11 is 0. The molecule has 1 amide bonds. The van der Waals surface area contributed by atoms with Gasteiger partial charge in [-0.25, -0.2) is 9.78 Å². The van der Waals surface area contributed by atoms with Crippen LogP contribution in [0.5, 0.6) is 0 Å². The van der Waals surface area contributed by atoms with Crippen molar-refractivity contribution in [2.24, 2.45) is 0 Å². The van der Waals surface area contributed by atoms with E-state index in [1.165, 1.54) is 44.5 Å². The molecule has 0 bridgehead atoms. The molecule has 1 heterocycles. The summed E-state index contributed by atoms with van der Waals surface area (Å²) in [6.07, 6.45) is 10.3. The molecule has 0 saturated heterocycles. The van der Waals surface area contributed by atoms with Gasteiger partial charge in [0.25, 0.3) is 0 Å². The maximum Gasteiger partial charge on any atom is 0.330 e. The zero-order valence-electron chi connectivity index (χ0n) is 13.4.